The standard InChI is InChI=1S/C32H26FNO4/c1-20-9-8-12-24(17-20)34-29(25-13-6-7-14-26(25)33)28(31(36)32(34)37)30(35)23-15-16-27(21(2)18-23)38-19-22-10-4-3-5-11-22/h3-18,29,35H,19H2,1-2H3/b30-28+. The number of halogens is 1. The molecule has 0 bridgehead atoms. The number of rotatable bonds is 6. The number of aryl methyl sites for hydroxylation is 2. The summed E-state index contributed by atoms with van der Waals surface area (Å²) in [6.07, 6.45) is 0. The molecule has 5 rings (SSSR count). The molecular formula is C32H26FNO4. The third kappa shape index (κ3) is 4.68. The van der Waals surface area contributed by atoms with Gasteiger partial charge in [-0.25, -0.2) is 4.39 Å². The molecule has 1 aliphatic rings. The second-order valence-electron chi connectivity index (χ2n) is 9.28. The molecule has 1 atom stereocenters. The van der Waals surface area contributed by atoms with Gasteiger partial charge in [-0.2, -0.15) is 0 Å². The largest absolute Gasteiger partial charge is 0.507 e. The van der Waals surface area contributed by atoms with E-state index in [2.05, 4.69) is 0 Å². The molecule has 1 amide bonds. The third-order valence-electron chi connectivity index (χ3n) is 6.61. The predicted octanol–water partition coefficient (Wildman–Crippen LogP) is 6.65. The molecule has 1 saturated heterocycles. The highest BCUT2D eigenvalue weighted by Gasteiger charge is 2.47. The van der Waals surface area contributed by atoms with Crippen molar-refractivity contribution in [2.75, 3.05) is 4.90 Å². The summed E-state index contributed by atoms with van der Waals surface area (Å²) in [6, 6.07) is 26.7. The lowest BCUT2D eigenvalue weighted by Crippen LogP contribution is -2.29. The van der Waals surface area contributed by atoms with E-state index >= 15 is 4.39 Å². The lowest BCUT2D eigenvalue weighted by molar-refractivity contribution is -0.132. The number of aliphatic hydroxyl groups is 1. The summed E-state index contributed by atoms with van der Waals surface area (Å²) in [5, 5.41) is 11.4. The molecule has 4 aromatic carbocycles. The van der Waals surface area contributed by atoms with Crippen LogP contribution < -0.4 is 9.64 Å². The van der Waals surface area contributed by atoms with Gasteiger partial charge in [-0.3, -0.25) is 14.5 Å². The number of anilines is 1. The van der Waals surface area contributed by atoms with Crippen LogP contribution in [-0.4, -0.2) is 16.8 Å². The number of nitrogens with zero attached hydrogens (tertiary/aromatic N) is 1. The van der Waals surface area contributed by atoms with Gasteiger partial charge in [0.2, 0.25) is 0 Å². The van der Waals surface area contributed by atoms with Crippen LogP contribution in [0.2, 0.25) is 0 Å². The van der Waals surface area contributed by atoms with Crippen LogP contribution in [0.25, 0.3) is 5.76 Å². The number of ether oxygens (including phenoxy) is 1. The van der Waals surface area contributed by atoms with Crippen molar-refractivity contribution in [2.45, 2.75) is 26.5 Å². The Hall–Kier alpha value is -4.71. The van der Waals surface area contributed by atoms with Crippen molar-refractivity contribution in [1.29, 1.82) is 0 Å². The molecule has 5 nitrogen and oxygen atoms in total. The Bertz CT molecular complexity index is 1560. The van der Waals surface area contributed by atoms with E-state index in [0.717, 1.165) is 16.7 Å². The number of ketones is 1. The lowest BCUT2D eigenvalue weighted by atomic mass is 9.94. The molecule has 1 aliphatic heterocycles. The fraction of sp³-hybridized carbons (Fsp3) is 0.125. The van der Waals surface area contributed by atoms with E-state index in [1.165, 1.54) is 23.1 Å². The zero-order chi connectivity index (χ0) is 26.8. The van der Waals surface area contributed by atoms with Crippen molar-refractivity contribution in [3.63, 3.8) is 0 Å². The number of carbonyl (C=O) groups is 2. The van der Waals surface area contributed by atoms with E-state index in [9.17, 15) is 14.7 Å². The first kappa shape index (κ1) is 25.0. The second-order valence-corrected chi connectivity index (χ2v) is 9.28. The Labute approximate surface area is 220 Å². The van der Waals surface area contributed by atoms with Gasteiger partial charge < -0.3 is 9.84 Å². The van der Waals surface area contributed by atoms with Crippen molar-refractivity contribution in [3.8, 4) is 5.75 Å². The van der Waals surface area contributed by atoms with Crippen LogP contribution in [0.15, 0.2) is 103 Å². The Morgan fingerprint density at radius 2 is 1.63 bits per heavy atom. The molecule has 0 radical (unpaired) electrons. The number of benzene rings is 4. The fourth-order valence-corrected chi connectivity index (χ4v) is 4.72. The molecule has 0 spiro atoms. The van der Waals surface area contributed by atoms with Crippen molar-refractivity contribution in [1.82, 2.24) is 0 Å². The zero-order valence-corrected chi connectivity index (χ0v) is 21.0. The summed E-state index contributed by atoms with van der Waals surface area (Å²) in [6.45, 7) is 4.07. The van der Waals surface area contributed by atoms with Gasteiger partial charge in [0.15, 0.2) is 0 Å². The van der Waals surface area contributed by atoms with E-state index in [1.807, 2.05) is 50.2 Å². The van der Waals surface area contributed by atoms with Gasteiger partial charge in [0.1, 0.15) is 23.9 Å². The summed E-state index contributed by atoms with van der Waals surface area (Å²) in [4.78, 5) is 27.9. The van der Waals surface area contributed by atoms with Crippen molar-refractivity contribution in [2.24, 2.45) is 0 Å². The normalized spacial score (nSPS) is 16.6. The first-order valence-corrected chi connectivity index (χ1v) is 12.2. The molecule has 0 aliphatic carbocycles. The number of Topliss-reactive ketones (excluding diaryl/α,β-unsaturated/α-hetero) is 1. The Balaban J connectivity index is 1.57. The summed E-state index contributed by atoms with van der Waals surface area (Å²) in [5.41, 5.74) is 3.35. The second kappa shape index (κ2) is 10.3. The van der Waals surface area contributed by atoms with Crippen LogP contribution in [0.3, 0.4) is 0 Å². The van der Waals surface area contributed by atoms with Crippen LogP contribution in [0.5, 0.6) is 5.75 Å². The van der Waals surface area contributed by atoms with Crippen molar-refractivity contribution < 1.29 is 23.8 Å². The van der Waals surface area contributed by atoms with Crippen LogP contribution in [0.4, 0.5) is 10.1 Å². The van der Waals surface area contributed by atoms with Gasteiger partial charge in [0.05, 0.1) is 11.6 Å². The molecule has 38 heavy (non-hydrogen) atoms. The summed E-state index contributed by atoms with van der Waals surface area (Å²) in [7, 11) is 0. The molecule has 0 aromatic heterocycles. The molecule has 6 heteroatoms. The molecular weight excluding hydrogens is 481 g/mol. The van der Waals surface area contributed by atoms with E-state index in [0.29, 0.717) is 23.6 Å². The topological polar surface area (TPSA) is 66.8 Å². The molecule has 1 unspecified atom stereocenters. The molecule has 1 heterocycles. The number of carbonyl (C=O) groups excluding carboxylic acids is 2. The smallest absolute Gasteiger partial charge is 0.300 e. The number of hydrogen-bond acceptors (Lipinski definition) is 4. The van der Waals surface area contributed by atoms with E-state index in [4.69, 9.17) is 4.74 Å². The maximum Gasteiger partial charge on any atom is 0.300 e. The highest BCUT2D eigenvalue weighted by molar-refractivity contribution is 6.51. The van der Waals surface area contributed by atoms with Gasteiger partial charge in [-0.1, -0.05) is 60.7 Å². The zero-order valence-electron chi connectivity index (χ0n) is 21.0. The lowest BCUT2D eigenvalue weighted by Gasteiger charge is -2.26. The molecule has 4 aromatic rings. The van der Waals surface area contributed by atoms with Crippen molar-refractivity contribution >= 4 is 23.1 Å². The average molecular weight is 508 g/mol. The number of aliphatic hydroxyl groups excluding tert-OH is 1. The first-order chi connectivity index (χ1) is 18.3. The van der Waals surface area contributed by atoms with Gasteiger partial charge >= 0.3 is 0 Å². The molecule has 0 saturated carbocycles. The number of amides is 1. The van der Waals surface area contributed by atoms with Crippen LogP contribution >= 0.6 is 0 Å². The minimum Gasteiger partial charge on any atom is -0.507 e. The minimum atomic E-state index is -1.13. The van der Waals surface area contributed by atoms with E-state index < -0.39 is 23.5 Å². The molecule has 190 valence electrons. The third-order valence-corrected chi connectivity index (χ3v) is 6.61. The Kier molecular flexibility index (Phi) is 6.79. The average Bonchev–Trinajstić information content (AvgIpc) is 3.18. The van der Waals surface area contributed by atoms with Gasteiger partial charge in [0, 0.05) is 16.8 Å². The highest BCUT2D eigenvalue weighted by Crippen LogP contribution is 2.43. The Morgan fingerprint density at radius 1 is 0.895 bits per heavy atom. The quantitative estimate of drug-likeness (QED) is 0.180. The maximum absolute atomic E-state index is 15.1. The highest BCUT2D eigenvalue weighted by atomic mass is 19.1. The molecule has 1 fully saturated rings. The van der Waals surface area contributed by atoms with Gasteiger partial charge in [-0.15, -0.1) is 0 Å². The Morgan fingerprint density at radius 3 is 2.34 bits per heavy atom. The summed E-state index contributed by atoms with van der Waals surface area (Å²) < 4.78 is 21.0. The van der Waals surface area contributed by atoms with Crippen LogP contribution in [0.1, 0.15) is 33.9 Å². The van der Waals surface area contributed by atoms with Crippen LogP contribution in [-0.2, 0) is 16.2 Å². The van der Waals surface area contributed by atoms with Crippen LogP contribution in [0, 0.1) is 19.7 Å². The van der Waals surface area contributed by atoms with E-state index in [1.54, 1.807) is 42.5 Å². The molecule has 1 N–H and O–H groups in total. The SMILES string of the molecule is Cc1cccc(N2C(=O)C(=O)/C(=C(/O)c3ccc(OCc4ccccc4)c(C)c3)C2c2ccccc2F)c1. The first-order valence-electron chi connectivity index (χ1n) is 12.2. The van der Waals surface area contributed by atoms with E-state index in [-0.39, 0.29) is 16.9 Å². The summed E-state index contributed by atoms with van der Waals surface area (Å²) in [5.74, 6) is -2.03. The number of hydrogen-bond donors (Lipinski definition) is 1. The predicted molar refractivity (Wildman–Crippen MR) is 144 cm³/mol. The van der Waals surface area contributed by atoms with Gasteiger partial charge in [-0.05, 0) is 66.9 Å². The fourth-order valence-electron chi connectivity index (χ4n) is 4.72. The minimum absolute atomic E-state index is 0.120. The van der Waals surface area contributed by atoms with Gasteiger partial charge in [0.25, 0.3) is 11.7 Å². The van der Waals surface area contributed by atoms with Crippen molar-refractivity contribution in [3.05, 3.63) is 136 Å². The summed E-state index contributed by atoms with van der Waals surface area (Å²) >= 11 is 0. The monoisotopic (exact) mass is 507 g/mol. The maximum atomic E-state index is 15.1.